The van der Waals surface area contributed by atoms with Gasteiger partial charge in [0.1, 0.15) is 41.5 Å². The van der Waals surface area contributed by atoms with Crippen molar-refractivity contribution in [3.05, 3.63) is 173 Å². The number of nitrogens with zero attached hydrogens (tertiary/aromatic N) is 3. The second-order valence-electron chi connectivity index (χ2n) is 18.4. The van der Waals surface area contributed by atoms with Crippen molar-refractivity contribution in [1.82, 2.24) is 4.90 Å². The fraction of sp³-hybridized carbons (Fsp3) is 0.345. The highest BCUT2D eigenvalue weighted by Crippen LogP contribution is 2.62. The van der Waals surface area contributed by atoms with Gasteiger partial charge < -0.3 is 43.6 Å². The van der Waals surface area contributed by atoms with Crippen LogP contribution < -0.4 is 24.3 Å². The average Bonchev–Trinajstić information content (AvgIpc) is 3.41. The van der Waals surface area contributed by atoms with Crippen LogP contribution in [0.4, 0.5) is 14.9 Å². The molecule has 0 unspecified atom stereocenters. The Labute approximate surface area is 425 Å². The van der Waals surface area contributed by atoms with Gasteiger partial charge in [0.05, 0.1) is 49.8 Å². The van der Waals surface area contributed by atoms with Crippen molar-refractivity contribution in [3.8, 4) is 29.1 Å². The third-order valence-electron chi connectivity index (χ3n) is 13.9. The molecule has 0 bridgehead atoms. The zero-order valence-electron chi connectivity index (χ0n) is 41.1. The van der Waals surface area contributed by atoms with Crippen molar-refractivity contribution >= 4 is 23.4 Å². The molecule has 73 heavy (non-hydrogen) atoms. The van der Waals surface area contributed by atoms with Gasteiger partial charge in [0.2, 0.25) is 5.79 Å². The molecule has 2 amide bonds. The van der Waals surface area contributed by atoms with Crippen LogP contribution in [0.15, 0.2) is 145 Å². The van der Waals surface area contributed by atoms with E-state index in [4.69, 9.17) is 33.7 Å². The summed E-state index contributed by atoms with van der Waals surface area (Å²) in [5.41, 5.74) is 4.69. The molecule has 8 rings (SSSR count). The molecule has 3 N–H and O–H groups in total. The molecule has 1 aliphatic heterocycles. The Bertz CT molecular complexity index is 2820. The Hall–Kier alpha value is -7.51. The van der Waals surface area contributed by atoms with Gasteiger partial charge in [-0.2, -0.15) is 5.26 Å². The molecule has 0 spiro atoms. The monoisotopic (exact) mass is 992 g/mol. The molecule has 0 aromatic heterocycles. The third kappa shape index (κ3) is 11.7. The Morgan fingerprint density at radius 2 is 1.64 bits per heavy atom. The standard InChI is InChI=1S/C58H61FN4O10/c1-4-30-70-58-53(63(36-39-18-22-43(59)23-19-39)56(66)41-20-16-38(35-60)17-21-41)34-50(62-71-37-40-12-6-5-7-13-40)47-31-42(14-8-10-28-64)46(15-9-11-29-65)54(55(47)58)48-32-45(25-27-51(48)73-58)72-57(67)61-49-26-24-44(68-2)33-52(49)69-3/h4-7,12-13,16-27,31-33,42,46,53-55,64-65H,1,8-11,14-15,28-30,34,36-37H2,2-3H3,(H,61,67)/t42-,46+,53-,54+,55+,58+/m0/s1. The number of carbonyl (C=O) groups is 2. The van der Waals surface area contributed by atoms with Crippen LogP contribution in [-0.2, 0) is 22.7 Å². The highest BCUT2D eigenvalue weighted by Gasteiger charge is 2.65. The maximum Gasteiger partial charge on any atom is 0.417 e. The van der Waals surface area contributed by atoms with Crippen molar-refractivity contribution in [2.45, 2.75) is 75.8 Å². The van der Waals surface area contributed by atoms with Gasteiger partial charge in [-0.05, 0) is 121 Å². The minimum absolute atomic E-state index is 0.00162. The lowest BCUT2D eigenvalue weighted by atomic mass is 9.55. The number of unbranched alkanes of at least 4 members (excludes halogenated alkanes) is 2. The lowest BCUT2D eigenvalue weighted by molar-refractivity contribution is -0.255. The number of nitrogens with one attached hydrogen (secondary N) is 1. The van der Waals surface area contributed by atoms with E-state index < -0.39 is 41.5 Å². The van der Waals surface area contributed by atoms with Gasteiger partial charge in [-0.3, -0.25) is 10.1 Å². The highest BCUT2D eigenvalue weighted by molar-refractivity contribution is 6.03. The molecule has 0 radical (unpaired) electrons. The minimum atomic E-state index is -1.64. The first-order valence-electron chi connectivity index (χ1n) is 24.6. The summed E-state index contributed by atoms with van der Waals surface area (Å²) >= 11 is 0. The lowest BCUT2D eigenvalue weighted by Crippen LogP contribution is -2.70. The molecule has 0 saturated heterocycles. The van der Waals surface area contributed by atoms with Gasteiger partial charge in [-0.25, -0.2) is 9.18 Å². The Balaban J connectivity index is 1.33. The Morgan fingerprint density at radius 1 is 0.904 bits per heavy atom. The number of carbonyl (C=O) groups excluding carboxylic acids is 2. The number of allylic oxidation sites excluding steroid dienone is 1. The van der Waals surface area contributed by atoms with E-state index in [1.165, 1.54) is 26.4 Å². The lowest BCUT2D eigenvalue weighted by Gasteiger charge is -2.60. The molecule has 6 atom stereocenters. The molecule has 380 valence electrons. The number of hydrogen-bond donors (Lipinski definition) is 3. The Morgan fingerprint density at radius 3 is 2.34 bits per heavy atom. The SMILES string of the molecule is C=CCO[C@@]12Oc3ccc(OC(=O)Nc4ccc(OC)cc4OC)cc3[C@H]3[C@H](CCCCO)[C@@H](CCCCO)C=C(C(=NOCc4ccccc4)C[C@@H]1N(Cc1ccc(F)cc1)C(=O)c1ccc(C#N)cc1)[C@H]32. The zero-order valence-corrected chi connectivity index (χ0v) is 41.1. The van der Waals surface area contributed by atoms with Gasteiger partial charge in [0.15, 0.2) is 0 Å². The van der Waals surface area contributed by atoms with Crippen molar-refractivity contribution in [3.63, 3.8) is 0 Å². The van der Waals surface area contributed by atoms with E-state index in [1.807, 2.05) is 36.4 Å². The number of aliphatic hydroxyl groups excluding tert-OH is 2. The fourth-order valence-corrected chi connectivity index (χ4v) is 10.6. The molecular weight excluding hydrogens is 932 g/mol. The third-order valence-corrected chi connectivity index (χ3v) is 13.9. The van der Waals surface area contributed by atoms with Crippen molar-refractivity contribution in [2.24, 2.45) is 22.9 Å². The molecule has 5 aromatic rings. The van der Waals surface area contributed by atoms with E-state index in [0.717, 1.165) is 23.1 Å². The van der Waals surface area contributed by atoms with Crippen LogP contribution in [0.25, 0.3) is 0 Å². The number of halogens is 1. The van der Waals surface area contributed by atoms with Crippen molar-refractivity contribution in [1.29, 1.82) is 5.26 Å². The van der Waals surface area contributed by atoms with Crippen LogP contribution >= 0.6 is 0 Å². The fourth-order valence-electron chi connectivity index (χ4n) is 10.6. The topological polar surface area (TPSA) is 181 Å². The minimum Gasteiger partial charge on any atom is -0.497 e. The predicted molar refractivity (Wildman–Crippen MR) is 273 cm³/mol. The summed E-state index contributed by atoms with van der Waals surface area (Å²) in [6, 6.07) is 33.4. The number of oxime groups is 1. The smallest absolute Gasteiger partial charge is 0.417 e. The van der Waals surface area contributed by atoms with E-state index >= 15 is 4.79 Å². The van der Waals surface area contributed by atoms with Crippen molar-refractivity contribution in [2.75, 3.05) is 39.4 Å². The van der Waals surface area contributed by atoms with E-state index in [1.54, 1.807) is 77.7 Å². The summed E-state index contributed by atoms with van der Waals surface area (Å²) in [5, 5.41) is 37.5. The summed E-state index contributed by atoms with van der Waals surface area (Å²) in [7, 11) is 3.02. The number of fused-ring (bicyclic) bond motifs is 2. The summed E-state index contributed by atoms with van der Waals surface area (Å²) in [6.45, 7) is 4.24. The van der Waals surface area contributed by atoms with Crippen LogP contribution in [0, 0.1) is 34.9 Å². The first-order chi connectivity index (χ1) is 35.6. The van der Waals surface area contributed by atoms with E-state index in [0.29, 0.717) is 77.4 Å². The van der Waals surface area contributed by atoms with Crippen LogP contribution in [0.2, 0.25) is 0 Å². The number of anilines is 1. The van der Waals surface area contributed by atoms with Crippen LogP contribution in [0.1, 0.15) is 83.5 Å². The van der Waals surface area contributed by atoms with Gasteiger partial charge in [-0.15, -0.1) is 6.58 Å². The van der Waals surface area contributed by atoms with Crippen LogP contribution in [0.5, 0.6) is 23.0 Å². The molecule has 2 aliphatic carbocycles. The highest BCUT2D eigenvalue weighted by atomic mass is 19.1. The largest absolute Gasteiger partial charge is 0.497 e. The Kier molecular flexibility index (Phi) is 17.2. The van der Waals surface area contributed by atoms with Crippen LogP contribution in [-0.4, -0.2) is 78.7 Å². The number of rotatable bonds is 22. The average molecular weight is 993 g/mol. The first kappa shape index (κ1) is 51.8. The molecule has 15 heteroatoms. The second kappa shape index (κ2) is 24.3. The summed E-state index contributed by atoms with van der Waals surface area (Å²) < 4.78 is 46.0. The number of amides is 2. The second-order valence-corrected chi connectivity index (χ2v) is 18.4. The molecular formula is C58H61FN4O10. The first-order valence-corrected chi connectivity index (χ1v) is 24.6. The van der Waals surface area contributed by atoms with Gasteiger partial charge >= 0.3 is 6.09 Å². The number of hydrogen-bond acceptors (Lipinski definition) is 12. The molecule has 1 fully saturated rings. The number of methoxy groups -OCH3 is 2. The van der Waals surface area contributed by atoms with E-state index in [9.17, 15) is 24.7 Å². The summed E-state index contributed by atoms with van der Waals surface area (Å²) in [6.07, 6.45) is 7.13. The number of aliphatic hydroxyl groups is 2. The van der Waals surface area contributed by atoms with Gasteiger partial charge in [-0.1, -0.05) is 72.6 Å². The van der Waals surface area contributed by atoms with Crippen LogP contribution in [0.3, 0.4) is 0 Å². The zero-order chi connectivity index (χ0) is 51.3. The van der Waals surface area contributed by atoms with Gasteiger partial charge in [0, 0.05) is 49.3 Å². The molecule has 5 aromatic carbocycles. The molecule has 14 nitrogen and oxygen atoms in total. The summed E-state index contributed by atoms with van der Waals surface area (Å²) in [4.78, 5) is 37.1. The maximum absolute atomic E-state index is 15.4. The summed E-state index contributed by atoms with van der Waals surface area (Å²) in [5.74, 6) is -2.24. The number of ether oxygens (including phenoxy) is 5. The van der Waals surface area contributed by atoms with E-state index in [2.05, 4.69) is 24.0 Å². The molecule has 1 heterocycles. The normalized spacial score (nSPS) is 21.0. The maximum atomic E-state index is 15.4. The number of benzene rings is 5. The molecule has 3 aliphatic rings. The van der Waals surface area contributed by atoms with E-state index in [-0.39, 0.29) is 57.0 Å². The van der Waals surface area contributed by atoms with Crippen molar-refractivity contribution < 1.29 is 52.7 Å². The molecule has 1 saturated carbocycles. The quantitative estimate of drug-likeness (QED) is 0.0341. The predicted octanol–water partition coefficient (Wildman–Crippen LogP) is 10.5. The van der Waals surface area contributed by atoms with Gasteiger partial charge in [0.25, 0.3) is 5.91 Å². The number of nitriles is 1.